The maximum Gasteiger partial charge on any atom is 0.254 e. The SMILES string of the molecule is N=C(N)NCCC[C@@H](C(N)=O)n1c(-c2cccc(Oc3ccc(Cl)cc3)c2)nc2cc(C(=O)N3CCN(c4ccc(F)cc4)CC3)ccc21. The average molecular weight is 683 g/mol. The van der Waals surface area contributed by atoms with E-state index in [1.165, 1.54) is 12.1 Å². The number of aromatic nitrogens is 2. The molecular formula is C36H36ClFN8O3. The molecule has 6 N–H and O–H groups in total. The van der Waals surface area contributed by atoms with E-state index in [0.29, 0.717) is 90.1 Å². The summed E-state index contributed by atoms with van der Waals surface area (Å²) in [5, 5.41) is 10.8. The highest BCUT2D eigenvalue weighted by atomic mass is 35.5. The monoisotopic (exact) mass is 682 g/mol. The van der Waals surface area contributed by atoms with Crippen LogP contribution in [0.2, 0.25) is 5.02 Å². The first kappa shape index (κ1) is 33.3. The molecule has 1 aliphatic heterocycles. The number of primary amides is 1. The third-order valence-corrected chi connectivity index (χ3v) is 8.70. The number of piperazine rings is 1. The first-order chi connectivity index (χ1) is 23.7. The summed E-state index contributed by atoms with van der Waals surface area (Å²) >= 11 is 6.04. The van der Waals surface area contributed by atoms with Crippen LogP contribution in [0.4, 0.5) is 10.1 Å². The minimum Gasteiger partial charge on any atom is -0.457 e. The molecule has 2 amide bonds. The summed E-state index contributed by atoms with van der Waals surface area (Å²) in [4.78, 5) is 35.6. The quantitative estimate of drug-likeness (QED) is 0.0810. The Hall–Kier alpha value is -5.62. The van der Waals surface area contributed by atoms with E-state index in [1.54, 1.807) is 59.5 Å². The number of rotatable bonds is 11. The van der Waals surface area contributed by atoms with Gasteiger partial charge in [-0.3, -0.25) is 15.0 Å². The summed E-state index contributed by atoms with van der Waals surface area (Å²) in [6.45, 7) is 2.63. The van der Waals surface area contributed by atoms with Crippen LogP contribution in [-0.2, 0) is 4.79 Å². The van der Waals surface area contributed by atoms with Crippen molar-refractivity contribution in [3.05, 3.63) is 107 Å². The van der Waals surface area contributed by atoms with Crippen molar-refractivity contribution in [2.75, 3.05) is 37.6 Å². The van der Waals surface area contributed by atoms with Gasteiger partial charge in [-0.2, -0.15) is 0 Å². The van der Waals surface area contributed by atoms with Crippen molar-refractivity contribution in [1.29, 1.82) is 5.41 Å². The summed E-state index contributed by atoms with van der Waals surface area (Å²) in [7, 11) is 0. The molecule has 1 aromatic heterocycles. The molecule has 13 heteroatoms. The second-order valence-corrected chi connectivity index (χ2v) is 12.2. The van der Waals surface area contributed by atoms with E-state index in [-0.39, 0.29) is 17.7 Å². The maximum atomic E-state index is 13.7. The van der Waals surface area contributed by atoms with Gasteiger partial charge in [-0.15, -0.1) is 0 Å². The Kier molecular flexibility index (Phi) is 9.95. The molecule has 0 radical (unpaired) electrons. The number of ether oxygens (including phenoxy) is 1. The predicted molar refractivity (Wildman–Crippen MR) is 189 cm³/mol. The van der Waals surface area contributed by atoms with Crippen molar-refractivity contribution < 1.29 is 18.7 Å². The largest absolute Gasteiger partial charge is 0.457 e. The van der Waals surface area contributed by atoms with E-state index < -0.39 is 11.9 Å². The van der Waals surface area contributed by atoms with E-state index >= 15 is 0 Å². The molecule has 0 bridgehead atoms. The summed E-state index contributed by atoms with van der Waals surface area (Å²) in [5.74, 6) is 0.520. The van der Waals surface area contributed by atoms with Crippen molar-refractivity contribution in [1.82, 2.24) is 19.8 Å². The van der Waals surface area contributed by atoms with E-state index in [9.17, 15) is 14.0 Å². The van der Waals surface area contributed by atoms with Gasteiger partial charge in [0.1, 0.15) is 29.2 Å². The van der Waals surface area contributed by atoms with Crippen LogP contribution >= 0.6 is 11.6 Å². The minimum absolute atomic E-state index is 0.128. The Morgan fingerprint density at radius 2 is 1.67 bits per heavy atom. The molecule has 0 spiro atoms. The van der Waals surface area contributed by atoms with E-state index in [2.05, 4.69) is 10.2 Å². The highest BCUT2D eigenvalue weighted by molar-refractivity contribution is 6.30. The fourth-order valence-corrected chi connectivity index (χ4v) is 6.13. The van der Waals surface area contributed by atoms with Gasteiger partial charge in [-0.25, -0.2) is 9.37 Å². The molecule has 4 aromatic carbocycles. The van der Waals surface area contributed by atoms with Gasteiger partial charge in [0.2, 0.25) is 5.91 Å². The fraction of sp³-hybridized carbons (Fsp3) is 0.222. The van der Waals surface area contributed by atoms with Gasteiger partial charge in [-0.1, -0.05) is 23.7 Å². The zero-order chi connectivity index (χ0) is 34.5. The van der Waals surface area contributed by atoms with Gasteiger partial charge < -0.3 is 35.9 Å². The number of halogens is 2. The first-order valence-electron chi connectivity index (χ1n) is 15.9. The molecule has 49 heavy (non-hydrogen) atoms. The van der Waals surface area contributed by atoms with Gasteiger partial charge in [0, 0.05) is 54.6 Å². The minimum atomic E-state index is -0.782. The Balaban J connectivity index is 1.31. The van der Waals surface area contributed by atoms with Crippen LogP contribution < -0.4 is 26.4 Å². The van der Waals surface area contributed by atoms with Crippen LogP contribution in [-0.4, -0.2) is 64.9 Å². The Bertz CT molecular complexity index is 1980. The number of nitrogens with one attached hydrogen (secondary N) is 2. The Labute approximate surface area is 287 Å². The summed E-state index contributed by atoms with van der Waals surface area (Å²) < 4.78 is 21.3. The van der Waals surface area contributed by atoms with E-state index in [0.717, 1.165) is 5.69 Å². The summed E-state index contributed by atoms with van der Waals surface area (Å²) in [5.41, 5.74) is 14.7. The third kappa shape index (κ3) is 7.76. The highest BCUT2D eigenvalue weighted by Gasteiger charge is 2.27. The number of nitrogens with two attached hydrogens (primary N) is 2. The summed E-state index contributed by atoms with van der Waals surface area (Å²) in [6.07, 6.45) is 0.862. The van der Waals surface area contributed by atoms with Crippen LogP contribution in [0, 0.1) is 11.2 Å². The number of imidazole rings is 1. The van der Waals surface area contributed by atoms with Crippen molar-refractivity contribution in [2.24, 2.45) is 11.5 Å². The smallest absolute Gasteiger partial charge is 0.254 e. The summed E-state index contributed by atoms with van der Waals surface area (Å²) in [6, 6.07) is 25.2. The molecule has 6 rings (SSSR count). The molecule has 1 aliphatic rings. The number of carbonyl (C=O) groups is 2. The van der Waals surface area contributed by atoms with Crippen molar-refractivity contribution in [2.45, 2.75) is 18.9 Å². The molecule has 0 aliphatic carbocycles. The molecule has 0 saturated carbocycles. The topological polar surface area (TPSA) is 156 Å². The van der Waals surface area contributed by atoms with Crippen LogP contribution in [0.5, 0.6) is 11.5 Å². The molecular weight excluding hydrogens is 647 g/mol. The van der Waals surface area contributed by atoms with Gasteiger partial charge >= 0.3 is 0 Å². The van der Waals surface area contributed by atoms with Gasteiger partial charge in [0.05, 0.1) is 11.0 Å². The number of guanidine groups is 1. The number of hydrogen-bond donors (Lipinski definition) is 4. The first-order valence-corrected chi connectivity index (χ1v) is 16.3. The van der Waals surface area contributed by atoms with E-state index in [1.807, 2.05) is 28.8 Å². The Morgan fingerprint density at radius 1 is 0.939 bits per heavy atom. The predicted octanol–water partition coefficient (Wildman–Crippen LogP) is 5.54. The normalized spacial score (nSPS) is 13.7. The molecule has 252 valence electrons. The number of hydrogen-bond acceptors (Lipinski definition) is 6. The number of fused-ring (bicyclic) bond motifs is 1. The highest BCUT2D eigenvalue weighted by Crippen LogP contribution is 2.34. The van der Waals surface area contributed by atoms with Gasteiger partial charge in [0.15, 0.2) is 5.96 Å². The molecule has 5 aromatic rings. The zero-order valence-corrected chi connectivity index (χ0v) is 27.4. The number of nitrogens with zero attached hydrogens (tertiary/aromatic N) is 4. The lowest BCUT2D eigenvalue weighted by molar-refractivity contribution is -0.121. The molecule has 1 atom stereocenters. The second kappa shape index (κ2) is 14.7. The third-order valence-electron chi connectivity index (χ3n) is 8.45. The molecule has 2 heterocycles. The molecule has 0 unspecified atom stereocenters. The zero-order valence-electron chi connectivity index (χ0n) is 26.6. The van der Waals surface area contributed by atoms with Crippen molar-refractivity contribution >= 4 is 46.1 Å². The standard InChI is InChI=1S/C36H36ClFN8O3/c37-25-7-13-28(14-8-25)49-29-4-1-3-23(21-29)34-43-30-22-24(6-15-31(30)46(34)32(33(39)47)5-2-16-42-36(40)41)35(48)45-19-17-44(18-20-45)27-11-9-26(38)10-12-27/h1,3-4,6-15,21-22,32H,2,5,16-20H2,(H2,39,47)(H4,40,41,42)/t32-/m0/s1. The van der Waals surface area contributed by atoms with Crippen LogP contribution in [0.15, 0.2) is 91.0 Å². The number of benzene rings is 4. The number of anilines is 1. The fourth-order valence-electron chi connectivity index (χ4n) is 6.01. The molecule has 11 nitrogen and oxygen atoms in total. The van der Waals surface area contributed by atoms with Crippen molar-refractivity contribution in [3.8, 4) is 22.9 Å². The van der Waals surface area contributed by atoms with Crippen molar-refractivity contribution in [3.63, 3.8) is 0 Å². The lowest BCUT2D eigenvalue weighted by atomic mass is 10.1. The average Bonchev–Trinajstić information content (AvgIpc) is 3.48. The van der Waals surface area contributed by atoms with Crippen LogP contribution in [0.1, 0.15) is 29.2 Å². The number of carbonyl (C=O) groups excluding carboxylic acids is 2. The lowest BCUT2D eigenvalue weighted by Gasteiger charge is -2.36. The molecule has 1 saturated heterocycles. The van der Waals surface area contributed by atoms with E-state index in [4.69, 9.17) is 38.2 Å². The number of amides is 2. The molecule has 1 fully saturated rings. The lowest BCUT2D eigenvalue weighted by Crippen LogP contribution is -2.48. The van der Waals surface area contributed by atoms with Gasteiger partial charge in [0.25, 0.3) is 5.91 Å². The van der Waals surface area contributed by atoms with Crippen LogP contribution in [0.25, 0.3) is 22.4 Å². The maximum absolute atomic E-state index is 13.7. The van der Waals surface area contributed by atoms with Crippen LogP contribution in [0.3, 0.4) is 0 Å². The van der Waals surface area contributed by atoms with Gasteiger partial charge in [-0.05, 0) is 91.7 Å². The second-order valence-electron chi connectivity index (χ2n) is 11.7. The Morgan fingerprint density at radius 3 is 2.37 bits per heavy atom.